The van der Waals surface area contributed by atoms with Crippen molar-refractivity contribution < 1.29 is 19.1 Å². The molecule has 0 aromatic heterocycles. The fourth-order valence-corrected chi connectivity index (χ4v) is 2.23. The summed E-state index contributed by atoms with van der Waals surface area (Å²) in [7, 11) is 0. The number of carboxylic acids is 1. The molecule has 1 unspecified atom stereocenters. The Balaban J connectivity index is 2.08. The van der Waals surface area contributed by atoms with Crippen LogP contribution in [0.1, 0.15) is 18.4 Å². The van der Waals surface area contributed by atoms with E-state index >= 15 is 0 Å². The van der Waals surface area contributed by atoms with Crippen LogP contribution in [0.5, 0.6) is 0 Å². The average molecular weight is 251 g/mol. The van der Waals surface area contributed by atoms with E-state index in [1.165, 1.54) is 11.0 Å². The van der Waals surface area contributed by atoms with Crippen LogP contribution in [0.15, 0.2) is 24.3 Å². The molecule has 1 aromatic carbocycles. The predicted octanol–water partition coefficient (Wildman–Crippen LogP) is 1.44. The maximum Gasteiger partial charge on any atom is 0.326 e. The number of aliphatic carboxylic acids is 1. The summed E-state index contributed by atoms with van der Waals surface area (Å²) in [5, 5.41) is 8.99. The molecule has 1 heterocycles. The third-order valence-corrected chi connectivity index (χ3v) is 3.16. The van der Waals surface area contributed by atoms with Gasteiger partial charge in [0.2, 0.25) is 5.91 Å². The van der Waals surface area contributed by atoms with Crippen LogP contribution in [0.2, 0.25) is 0 Å². The van der Waals surface area contributed by atoms with Gasteiger partial charge in [-0.05, 0) is 24.5 Å². The molecule has 1 saturated heterocycles. The fraction of sp³-hybridized carbons (Fsp3) is 0.385. The molecule has 0 aliphatic carbocycles. The first-order valence-electron chi connectivity index (χ1n) is 5.85. The van der Waals surface area contributed by atoms with Crippen LogP contribution >= 0.6 is 0 Å². The molecule has 0 spiro atoms. The summed E-state index contributed by atoms with van der Waals surface area (Å²) in [6.07, 6.45) is 1.06. The van der Waals surface area contributed by atoms with Crippen LogP contribution in [-0.4, -0.2) is 34.5 Å². The predicted molar refractivity (Wildman–Crippen MR) is 62.5 cm³/mol. The molecule has 1 amide bonds. The number of rotatable bonds is 3. The molecule has 1 aromatic rings. The third kappa shape index (κ3) is 2.50. The zero-order chi connectivity index (χ0) is 13.1. The second kappa shape index (κ2) is 5.16. The Kier molecular flexibility index (Phi) is 3.60. The van der Waals surface area contributed by atoms with Crippen molar-refractivity contribution in [2.24, 2.45) is 0 Å². The Morgan fingerprint density at radius 3 is 2.78 bits per heavy atom. The topological polar surface area (TPSA) is 57.6 Å². The van der Waals surface area contributed by atoms with Gasteiger partial charge in [0.25, 0.3) is 0 Å². The van der Waals surface area contributed by atoms with Crippen molar-refractivity contribution in [3.05, 3.63) is 35.6 Å². The molecule has 96 valence electrons. The van der Waals surface area contributed by atoms with Crippen LogP contribution in [0.25, 0.3) is 0 Å². The van der Waals surface area contributed by atoms with E-state index in [-0.39, 0.29) is 12.3 Å². The normalized spacial score (nSPS) is 18.9. The Hall–Kier alpha value is -1.91. The second-order valence-corrected chi connectivity index (χ2v) is 4.35. The summed E-state index contributed by atoms with van der Waals surface area (Å²) in [6.45, 7) is 0.435. The Bertz CT molecular complexity index is 475. The molecule has 5 heteroatoms. The summed E-state index contributed by atoms with van der Waals surface area (Å²) in [5.41, 5.74) is 0.304. The molecule has 1 aliphatic heterocycles. The van der Waals surface area contributed by atoms with Gasteiger partial charge in [-0.15, -0.1) is 0 Å². The van der Waals surface area contributed by atoms with Crippen LogP contribution in [0.3, 0.4) is 0 Å². The van der Waals surface area contributed by atoms with Gasteiger partial charge >= 0.3 is 5.97 Å². The molecule has 1 N–H and O–H groups in total. The lowest BCUT2D eigenvalue weighted by Gasteiger charge is -2.21. The van der Waals surface area contributed by atoms with Gasteiger partial charge in [0.1, 0.15) is 11.9 Å². The van der Waals surface area contributed by atoms with Crippen molar-refractivity contribution in [3.8, 4) is 0 Å². The van der Waals surface area contributed by atoms with E-state index in [1.807, 2.05) is 0 Å². The number of carboxylic acid groups (broad SMARTS) is 1. The first-order valence-corrected chi connectivity index (χ1v) is 5.85. The summed E-state index contributed by atoms with van der Waals surface area (Å²) < 4.78 is 13.4. The molecule has 18 heavy (non-hydrogen) atoms. The highest BCUT2D eigenvalue weighted by Crippen LogP contribution is 2.19. The lowest BCUT2D eigenvalue weighted by Crippen LogP contribution is -2.41. The molecule has 0 radical (unpaired) electrons. The zero-order valence-electron chi connectivity index (χ0n) is 9.80. The highest BCUT2D eigenvalue weighted by molar-refractivity contribution is 5.85. The van der Waals surface area contributed by atoms with E-state index in [0.29, 0.717) is 24.9 Å². The molecule has 2 rings (SSSR count). The molecule has 1 atom stereocenters. The quantitative estimate of drug-likeness (QED) is 0.884. The Morgan fingerprint density at radius 1 is 1.39 bits per heavy atom. The van der Waals surface area contributed by atoms with Gasteiger partial charge in [0, 0.05) is 6.54 Å². The van der Waals surface area contributed by atoms with Gasteiger partial charge in [-0.2, -0.15) is 0 Å². The first kappa shape index (κ1) is 12.5. The molecule has 0 bridgehead atoms. The summed E-state index contributed by atoms with van der Waals surface area (Å²) in [5.74, 6) is -1.75. The van der Waals surface area contributed by atoms with Gasteiger partial charge in [-0.1, -0.05) is 18.2 Å². The van der Waals surface area contributed by atoms with E-state index in [1.54, 1.807) is 18.2 Å². The Morgan fingerprint density at radius 2 is 2.11 bits per heavy atom. The minimum Gasteiger partial charge on any atom is -0.480 e. The Labute approximate surface area is 104 Å². The van der Waals surface area contributed by atoms with Gasteiger partial charge < -0.3 is 10.0 Å². The van der Waals surface area contributed by atoms with Crippen molar-refractivity contribution in [1.29, 1.82) is 0 Å². The number of likely N-dealkylation sites (tertiary alicyclic amines) is 1. The lowest BCUT2D eigenvalue weighted by atomic mass is 10.1. The zero-order valence-corrected chi connectivity index (χ0v) is 9.80. The second-order valence-electron chi connectivity index (χ2n) is 4.35. The van der Waals surface area contributed by atoms with Gasteiger partial charge in [0.05, 0.1) is 6.42 Å². The maximum absolute atomic E-state index is 13.4. The van der Waals surface area contributed by atoms with E-state index in [9.17, 15) is 14.0 Å². The van der Waals surface area contributed by atoms with Crippen molar-refractivity contribution in [2.45, 2.75) is 25.3 Å². The lowest BCUT2D eigenvalue weighted by molar-refractivity contribution is -0.148. The molecular formula is C13H14FNO3. The monoisotopic (exact) mass is 251 g/mol. The number of benzene rings is 1. The van der Waals surface area contributed by atoms with E-state index in [4.69, 9.17) is 5.11 Å². The summed E-state index contributed by atoms with van der Waals surface area (Å²) >= 11 is 0. The maximum atomic E-state index is 13.4. The number of hydrogen-bond acceptors (Lipinski definition) is 2. The molecule has 4 nitrogen and oxygen atoms in total. The number of amides is 1. The molecule has 1 aliphatic rings. The van der Waals surface area contributed by atoms with Crippen molar-refractivity contribution in [3.63, 3.8) is 0 Å². The van der Waals surface area contributed by atoms with Gasteiger partial charge in [0.15, 0.2) is 0 Å². The minimum atomic E-state index is -0.991. The fourth-order valence-electron chi connectivity index (χ4n) is 2.23. The number of hydrogen-bond donors (Lipinski definition) is 1. The van der Waals surface area contributed by atoms with Crippen molar-refractivity contribution in [2.75, 3.05) is 6.54 Å². The number of nitrogens with zero attached hydrogens (tertiary/aromatic N) is 1. The van der Waals surface area contributed by atoms with Crippen LogP contribution in [0.4, 0.5) is 4.39 Å². The largest absolute Gasteiger partial charge is 0.480 e. The highest BCUT2D eigenvalue weighted by atomic mass is 19.1. The minimum absolute atomic E-state index is 0.0869. The van der Waals surface area contributed by atoms with Crippen LogP contribution < -0.4 is 0 Å². The standard InChI is InChI=1S/C13H14FNO3/c14-10-5-2-1-4-9(10)8-12(16)15-7-3-6-11(15)13(17)18/h1-2,4-5,11H,3,6-8H2,(H,17,18). The van der Waals surface area contributed by atoms with Crippen LogP contribution in [0, 0.1) is 5.82 Å². The number of carbonyl (C=O) groups excluding carboxylic acids is 1. The summed E-state index contributed by atoms with van der Waals surface area (Å²) in [4.78, 5) is 24.3. The van der Waals surface area contributed by atoms with Crippen molar-refractivity contribution >= 4 is 11.9 Å². The SMILES string of the molecule is O=C(O)C1CCCN1C(=O)Cc1ccccc1F. The van der Waals surface area contributed by atoms with Crippen molar-refractivity contribution in [1.82, 2.24) is 4.90 Å². The number of carbonyl (C=O) groups is 2. The number of halogens is 1. The van der Waals surface area contributed by atoms with E-state index < -0.39 is 17.8 Å². The molecule has 1 fully saturated rings. The molecule has 0 saturated carbocycles. The van der Waals surface area contributed by atoms with Gasteiger partial charge in [-0.25, -0.2) is 9.18 Å². The average Bonchev–Trinajstić information content (AvgIpc) is 2.81. The summed E-state index contributed by atoms with van der Waals surface area (Å²) in [6, 6.07) is 5.29. The highest BCUT2D eigenvalue weighted by Gasteiger charge is 2.33. The van der Waals surface area contributed by atoms with Crippen LogP contribution in [-0.2, 0) is 16.0 Å². The van der Waals surface area contributed by atoms with E-state index in [0.717, 1.165) is 0 Å². The third-order valence-electron chi connectivity index (χ3n) is 3.16. The first-order chi connectivity index (χ1) is 8.59. The smallest absolute Gasteiger partial charge is 0.326 e. The van der Waals surface area contributed by atoms with Gasteiger partial charge in [-0.3, -0.25) is 4.79 Å². The van der Waals surface area contributed by atoms with E-state index in [2.05, 4.69) is 0 Å². The molecular weight excluding hydrogens is 237 g/mol.